The van der Waals surface area contributed by atoms with Crippen LogP contribution in [0.1, 0.15) is 29.7 Å². The Kier molecular flexibility index (Phi) is 19.5. The summed E-state index contributed by atoms with van der Waals surface area (Å²) in [6.45, 7) is 0. The summed E-state index contributed by atoms with van der Waals surface area (Å²) >= 11 is 0. The lowest BCUT2D eigenvalue weighted by molar-refractivity contribution is 1.24. The lowest BCUT2D eigenvalue weighted by Gasteiger charge is -2.13. The van der Waals surface area contributed by atoms with Gasteiger partial charge in [-0.3, -0.25) is 19.9 Å². The van der Waals surface area contributed by atoms with Gasteiger partial charge >= 0.3 is 0 Å². The third-order valence-electron chi connectivity index (χ3n) is 21.0. The van der Waals surface area contributed by atoms with Crippen molar-refractivity contribution in [3.05, 3.63) is 317 Å². The van der Waals surface area contributed by atoms with Crippen molar-refractivity contribution >= 4 is 142 Å². The van der Waals surface area contributed by atoms with E-state index in [4.69, 9.17) is 49.8 Å². The SMILES string of the molecule is C.C.C.C.c1c[nH]c(-c2nc3c4ccccc4c4ccccc4c3nc2-c2ccc[nH]2)c1.c1c[nH]c(-c2nc3c4cccnc4c4ncccc4c3nc2-c2ccc[nH]2)c1.c1c[nH]c(-c2nc3cc4ccccc4cc3nc2-c2ccc[nH]2)c1.c1c[nH]c(-c2nc3cc4nc5c6cccnc6c6ncccc6c5nc4cc3nc2-c2ccc[nH]2)c1. The molecule has 25 rings (SSSR count). The molecule has 22 heteroatoms. The molecule has 8 aromatic carbocycles. The number of nitrogens with zero attached hydrogens (tertiary/aromatic N) is 14. The molecule has 17 aromatic heterocycles. The van der Waals surface area contributed by atoms with Crippen LogP contribution in [-0.2, 0) is 0 Å². The van der Waals surface area contributed by atoms with Gasteiger partial charge in [0, 0.05) is 107 Å². The summed E-state index contributed by atoms with van der Waals surface area (Å²) < 4.78 is 0. The maximum atomic E-state index is 5.14. The van der Waals surface area contributed by atoms with E-state index in [1.165, 1.54) is 21.5 Å². The fraction of sp³-hybridized carbons (Fsp3) is 0.0408. The van der Waals surface area contributed by atoms with Crippen molar-refractivity contribution in [3.63, 3.8) is 0 Å². The van der Waals surface area contributed by atoms with Crippen LogP contribution >= 0.6 is 0 Å². The zero-order valence-corrected chi connectivity index (χ0v) is 61.3. The van der Waals surface area contributed by atoms with Crippen molar-refractivity contribution in [2.75, 3.05) is 0 Å². The summed E-state index contributed by atoms with van der Waals surface area (Å²) in [6, 6.07) is 80.9. The predicted octanol–water partition coefficient (Wildman–Crippen LogP) is 23.8. The molecule has 0 aliphatic carbocycles. The minimum atomic E-state index is 0. The van der Waals surface area contributed by atoms with Gasteiger partial charge < -0.3 is 39.9 Å². The highest BCUT2D eigenvalue weighted by Gasteiger charge is 2.24. The molecule has 17 heterocycles. The molecule has 22 nitrogen and oxygen atoms in total. The van der Waals surface area contributed by atoms with Crippen LogP contribution in [0.2, 0.25) is 0 Å². The molecule has 0 aliphatic rings. The summed E-state index contributed by atoms with van der Waals surface area (Å²) in [5, 5.41) is 10.7. The molecule has 0 fully saturated rings. The van der Waals surface area contributed by atoms with Crippen LogP contribution in [0.3, 0.4) is 0 Å². The fourth-order valence-corrected chi connectivity index (χ4v) is 15.7. The number of aromatic nitrogens is 22. The topological polar surface area (TPSA) is 307 Å². The van der Waals surface area contributed by atoms with Gasteiger partial charge in [-0.15, -0.1) is 0 Å². The van der Waals surface area contributed by atoms with Crippen molar-refractivity contribution in [2.45, 2.75) is 29.7 Å². The van der Waals surface area contributed by atoms with Crippen LogP contribution in [0.5, 0.6) is 0 Å². The van der Waals surface area contributed by atoms with Gasteiger partial charge in [0.25, 0.3) is 0 Å². The lowest BCUT2D eigenvalue weighted by Crippen LogP contribution is -1.98. The number of pyridine rings is 4. The van der Waals surface area contributed by atoms with Gasteiger partial charge in [-0.25, -0.2) is 49.8 Å². The standard InChI is InChI=1S/C28H16N8.C24H16N4.C22H14N6.C20H14N4.4CH4/c1-5-15-23(31-11-1)24-16(6-2-12-32-24)26-25(15)33-19-13-21-22(14-20(19)34-26)36-28(18-8-4-10-30-18)27(35-21)17-7-3-9-29-17;1-3-9-17-15(7-1)16-8-2-4-10-18(16)22-21(17)27-23(19-11-5-13-25-19)24(28-22)20-12-6-14-26-20;1-5-13-17(25-11-1)18-14(6-2-12-26-18)20-19(13)27-21(15-7-3-9-23-15)22(28-20)16-8-4-10-24-16;1-2-6-14-12-18-17(11-13(14)5-1)23-19(15-7-3-9-21-15)20(24-18)16-8-4-10-22-16;;;;/h1-14,29-30H;1-14,25-26H;1-12,23-24H;1-12,21-22H;4*1H4. The van der Waals surface area contributed by atoms with E-state index in [1.54, 1.807) is 24.8 Å². The molecule has 0 saturated heterocycles. The largest absolute Gasteiger partial charge is 0.360 e. The molecule has 0 atom stereocenters. The predicted molar refractivity (Wildman–Crippen MR) is 488 cm³/mol. The summed E-state index contributed by atoms with van der Waals surface area (Å²) in [7, 11) is 0. The Hall–Kier alpha value is -16.6. The Bertz CT molecular complexity index is 7310. The van der Waals surface area contributed by atoms with E-state index in [0.717, 1.165) is 212 Å². The number of aromatic amines is 8. The molecule has 25 aromatic rings. The molecule has 578 valence electrons. The van der Waals surface area contributed by atoms with Gasteiger partial charge in [-0.1, -0.05) is 103 Å². The Balaban J connectivity index is 0.000000110. The van der Waals surface area contributed by atoms with Crippen molar-refractivity contribution in [1.82, 2.24) is 110 Å². The van der Waals surface area contributed by atoms with Gasteiger partial charge in [-0.2, -0.15) is 0 Å². The molecule has 0 aliphatic heterocycles. The number of hydrogen-bond donors (Lipinski definition) is 8. The number of rotatable bonds is 8. The molecular weight excluding hydrogens is 1490 g/mol. The smallest absolute Gasteiger partial charge is 0.115 e. The number of nitrogens with one attached hydrogen (secondary N) is 8. The molecule has 0 unspecified atom stereocenters. The third-order valence-corrected chi connectivity index (χ3v) is 21.0. The number of benzene rings is 8. The zero-order chi connectivity index (χ0) is 76.6. The quantitative estimate of drug-likeness (QED) is 0.0518. The first-order chi connectivity index (χ1) is 57.5. The van der Waals surface area contributed by atoms with E-state index in [9.17, 15) is 0 Å². The minimum absolute atomic E-state index is 0. The van der Waals surface area contributed by atoms with E-state index in [2.05, 4.69) is 133 Å². The molecular formula is C98H76N22. The number of hydrogen-bond acceptors (Lipinski definition) is 14. The second kappa shape index (κ2) is 31.3. The molecule has 0 spiro atoms. The Morgan fingerprint density at radius 1 is 0.158 bits per heavy atom. The first kappa shape index (κ1) is 74.8. The first-order valence-corrected chi connectivity index (χ1v) is 37.7. The summed E-state index contributed by atoms with van der Waals surface area (Å²) in [6.07, 6.45) is 22.3. The van der Waals surface area contributed by atoms with Crippen molar-refractivity contribution < 1.29 is 0 Å². The first-order valence-electron chi connectivity index (χ1n) is 37.7. The van der Waals surface area contributed by atoms with Gasteiger partial charge in [0.1, 0.15) is 45.6 Å². The van der Waals surface area contributed by atoms with Gasteiger partial charge in [-0.05, 0) is 191 Å². The second-order valence-corrected chi connectivity index (χ2v) is 27.9. The van der Waals surface area contributed by atoms with Crippen LogP contribution in [0, 0.1) is 0 Å². The average molecular weight is 1560 g/mol. The second-order valence-electron chi connectivity index (χ2n) is 27.9. The van der Waals surface area contributed by atoms with Crippen LogP contribution < -0.4 is 0 Å². The summed E-state index contributed by atoms with van der Waals surface area (Å²) in [4.78, 5) is 94.9. The molecule has 8 N–H and O–H groups in total. The van der Waals surface area contributed by atoms with E-state index in [-0.39, 0.29) is 29.7 Å². The molecule has 0 radical (unpaired) electrons. The highest BCUT2D eigenvalue weighted by molar-refractivity contribution is 6.25. The van der Waals surface area contributed by atoms with Crippen molar-refractivity contribution in [3.8, 4) is 91.1 Å². The third kappa shape index (κ3) is 13.0. The minimum Gasteiger partial charge on any atom is -0.360 e. The molecule has 0 saturated carbocycles. The van der Waals surface area contributed by atoms with Crippen LogP contribution in [0.4, 0.5) is 0 Å². The molecule has 0 bridgehead atoms. The Morgan fingerprint density at radius 2 is 0.358 bits per heavy atom. The maximum Gasteiger partial charge on any atom is 0.115 e. The van der Waals surface area contributed by atoms with Crippen LogP contribution in [0.25, 0.3) is 233 Å². The van der Waals surface area contributed by atoms with Crippen molar-refractivity contribution in [1.29, 1.82) is 0 Å². The number of fused-ring (bicyclic) bond motifs is 22. The summed E-state index contributed by atoms with van der Waals surface area (Å²) in [5.41, 5.74) is 27.2. The van der Waals surface area contributed by atoms with Gasteiger partial charge in [0.2, 0.25) is 0 Å². The van der Waals surface area contributed by atoms with E-state index < -0.39 is 0 Å². The van der Waals surface area contributed by atoms with Crippen LogP contribution in [-0.4, -0.2) is 110 Å². The van der Waals surface area contributed by atoms with E-state index in [0.29, 0.717) is 0 Å². The highest BCUT2D eigenvalue weighted by Crippen LogP contribution is 2.41. The number of H-pyrrole nitrogens is 8. The monoisotopic (exact) mass is 1560 g/mol. The maximum absolute atomic E-state index is 5.14. The van der Waals surface area contributed by atoms with Gasteiger partial charge in [0.15, 0.2) is 0 Å². The zero-order valence-electron chi connectivity index (χ0n) is 61.3. The lowest BCUT2D eigenvalue weighted by atomic mass is 9.99. The Labute approximate surface area is 685 Å². The van der Waals surface area contributed by atoms with E-state index in [1.807, 2.05) is 219 Å². The fourth-order valence-electron chi connectivity index (χ4n) is 15.7. The van der Waals surface area contributed by atoms with Gasteiger partial charge in [0.05, 0.1) is 134 Å². The summed E-state index contributed by atoms with van der Waals surface area (Å²) in [5.74, 6) is 0. The molecule has 120 heavy (non-hydrogen) atoms. The highest BCUT2D eigenvalue weighted by atomic mass is 14.9. The Morgan fingerprint density at radius 3 is 0.608 bits per heavy atom. The average Bonchev–Trinajstić information content (AvgIpc) is 0.968. The van der Waals surface area contributed by atoms with Crippen molar-refractivity contribution in [2.24, 2.45) is 0 Å². The normalized spacial score (nSPS) is 11.2. The van der Waals surface area contributed by atoms with Crippen LogP contribution in [0.15, 0.2) is 317 Å². The van der Waals surface area contributed by atoms with E-state index >= 15 is 0 Å². The molecule has 0 amide bonds.